The van der Waals surface area contributed by atoms with Crippen molar-refractivity contribution < 1.29 is 4.79 Å². The van der Waals surface area contributed by atoms with Gasteiger partial charge in [0.25, 0.3) is 17.0 Å². The summed E-state index contributed by atoms with van der Waals surface area (Å²) in [5.41, 5.74) is 0.422. The Morgan fingerprint density at radius 3 is 2.85 bits per heavy atom. The number of nitrogens with one attached hydrogen (secondary N) is 2. The second-order valence-corrected chi connectivity index (χ2v) is 6.38. The van der Waals surface area contributed by atoms with Crippen LogP contribution in [0.5, 0.6) is 0 Å². The third-order valence-electron chi connectivity index (χ3n) is 4.60. The highest BCUT2D eigenvalue weighted by atomic mass is 16.2. The molecule has 0 unspecified atom stereocenters. The van der Waals surface area contributed by atoms with Crippen LogP contribution in [0.1, 0.15) is 28.7 Å². The molecule has 3 aromatic rings. The topological polar surface area (TPSA) is 112 Å². The van der Waals surface area contributed by atoms with Gasteiger partial charge in [-0.05, 0) is 30.7 Å². The average molecular weight is 363 g/mol. The highest BCUT2D eigenvalue weighted by Gasteiger charge is 2.30. The van der Waals surface area contributed by atoms with E-state index < -0.39 is 0 Å². The van der Waals surface area contributed by atoms with Crippen LogP contribution < -0.4 is 11.1 Å². The highest BCUT2D eigenvalue weighted by Crippen LogP contribution is 2.26. The van der Waals surface area contributed by atoms with Crippen LogP contribution in [-0.2, 0) is 0 Å². The summed E-state index contributed by atoms with van der Waals surface area (Å²) in [5.74, 6) is 0.237. The molecule has 0 aromatic carbocycles. The molecular formula is C19H17N5O3. The smallest absolute Gasteiger partial charge is 0.272 e. The van der Waals surface area contributed by atoms with E-state index in [1.54, 1.807) is 41.4 Å². The lowest BCUT2D eigenvalue weighted by molar-refractivity contribution is 0.0784. The second-order valence-electron chi connectivity index (χ2n) is 6.38. The Kier molecular flexibility index (Phi) is 4.37. The van der Waals surface area contributed by atoms with Crippen LogP contribution in [0, 0.1) is 0 Å². The molecule has 1 amide bonds. The lowest BCUT2D eigenvalue weighted by Gasteiger charge is -2.16. The van der Waals surface area contributed by atoms with Crippen molar-refractivity contribution in [2.45, 2.75) is 12.3 Å². The van der Waals surface area contributed by atoms with Gasteiger partial charge in [0, 0.05) is 37.5 Å². The van der Waals surface area contributed by atoms with Crippen molar-refractivity contribution in [3.05, 3.63) is 81.0 Å². The molecule has 1 aliphatic heterocycles. The number of carbonyl (C=O) groups excluding carboxylic acids is 1. The molecule has 1 atom stereocenters. The van der Waals surface area contributed by atoms with Crippen molar-refractivity contribution in [3.63, 3.8) is 0 Å². The highest BCUT2D eigenvalue weighted by molar-refractivity contribution is 5.92. The van der Waals surface area contributed by atoms with Crippen molar-refractivity contribution >= 4 is 5.91 Å². The molecule has 0 bridgehead atoms. The van der Waals surface area contributed by atoms with Gasteiger partial charge in [0.1, 0.15) is 11.5 Å². The van der Waals surface area contributed by atoms with E-state index in [4.69, 9.17) is 0 Å². The third kappa shape index (κ3) is 3.41. The van der Waals surface area contributed by atoms with Gasteiger partial charge >= 0.3 is 0 Å². The van der Waals surface area contributed by atoms with Crippen molar-refractivity contribution in [3.8, 4) is 11.3 Å². The summed E-state index contributed by atoms with van der Waals surface area (Å²) >= 11 is 0. The van der Waals surface area contributed by atoms with E-state index in [9.17, 15) is 14.4 Å². The summed E-state index contributed by atoms with van der Waals surface area (Å²) in [6, 6.07) is 9.82. The number of pyridine rings is 2. The molecular weight excluding hydrogens is 346 g/mol. The molecule has 4 heterocycles. The number of aromatic nitrogens is 4. The van der Waals surface area contributed by atoms with Gasteiger partial charge in [-0.15, -0.1) is 0 Å². The number of rotatable bonds is 3. The molecule has 1 aliphatic rings. The molecule has 136 valence electrons. The summed E-state index contributed by atoms with van der Waals surface area (Å²) in [6.07, 6.45) is 3.79. The number of amides is 1. The van der Waals surface area contributed by atoms with Crippen LogP contribution in [0.15, 0.2) is 58.4 Å². The maximum Gasteiger partial charge on any atom is 0.272 e. The molecule has 8 nitrogen and oxygen atoms in total. The molecule has 0 radical (unpaired) electrons. The van der Waals surface area contributed by atoms with Crippen LogP contribution in [-0.4, -0.2) is 43.8 Å². The Bertz CT molecular complexity index is 1090. The third-order valence-corrected chi connectivity index (χ3v) is 4.60. The monoisotopic (exact) mass is 363 g/mol. The standard InChI is InChI=1S/C19H17N5O3/c25-16-10-15(13-4-3-8-21-18(13)26)22-17(23-16)12-6-9-24(11-12)19(27)14-5-1-2-7-20-14/h1-5,7-8,10,12H,6,9,11H2,(H,21,26)(H,22,23,25)/t12-/m1/s1. The van der Waals surface area contributed by atoms with E-state index in [-0.39, 0.29) is 22.9 Å². The molecule has 2 N–H and O–H groups in total. The van der Waals surface area contributed by atoms with E-state index in [2.05, 4.69) is 19.9 Å². The van der Waals surface area contributed by atoms with E-state index in [1.807, 2.05) is 0 Å². The first kappa shape index (κ1) is 16.9. The SMILES string of the molecule is O=C(c1ccccn1)N1CC[C@@H](c2nc(-c3ccc[nH]c3=O)cc(=O)[nH]2)C1. The summed E-state index contributed by atoms with van der Waals surface area (Å²) in [6.45, 7) is 0.993. The summed E-state index contributed by atoms with van der Waals surface area (Å²) in [7, 11) is 0. The molecule has 27 heavy (non-hydrogen) atoms. The molecule has 1 saturated heterocycles. The second kappa shape index (κ2) is 6.99. The minimum Gasteiger partial charge on any atom is -0.337 e. The van der Waals surface area contributed by atoms with Gasteiger partial charge in [0.2, 0.25) is 0 Å². The molecule has 0 spiro atoms. The van der Waals surface area contributed by atoms with Gasteiger partial charge in [-0.1, -0.05) is 6.07 Å². The number of carbonyl (C=O) groups is 1. The van der Waals surface area contributed by atoms with Crippen molar-refractivity contribution in [2.24, 2.45) is 0 Å². The summed E-state index contributed by atoms with van der Waals surface area (Å²) in [5, 5.41) is 0. The van der Waals surface area contributed by atoms with Crippen molar-refractivity contribution in [1.82, 2.24) is 24.8 Å². The Balaban J connectivity index is 1.60. The fraction of sp³-hybridized carbons (Fsp3) is 0.211. The largest absolute Gasteiger partial charge is 0.337 e. The zero-order chi connectivity index (χ0) is 18.8. The fourth-order valence-electron chi connectivity index (χ4n) is 3.25. The van der Waals surface area contributed by atoms with E-state index in [0.717, 1.165) is 0 Å². The number of aromatic amines is 2. The quantitative estimate of drug-likeness (QED) is 0.725. The predicted octanol–water partition coefficient (Wildman–Crippen LogP) is 1.15. The average Bonchev–Trinajstić information content (AvgIpc) is 3.18. The van der Waals surface area contributed by atoms with Crippen LogP contribution in [0.4, 0.5) is 0 Å². The maximum absolute atomic E-state index is 12.5. The number of hydrogen-bond acceptors (Lipinski definition) is 5. The zero-order valence-electron chi connectivity index (χ0n) is 14.4. The molecule has 1 fully saturated rings. The van der Waals surface area contributed by atoms with Gasteiger partial charge in [-0.2, -0.15) is 0 Å². The van der Waals surface area contributed by atoms with Crippen molar-refractivity contribution in [2.75, 3.05) is 13.1 Å². The van der Waals surface area contributed by atoms with Gasteiger partial charge in [-0.3, -0.25) is 19.4 Å². The molecule has 8 heteroatoms. The zero-order valence-corrected chi connectivity index (χ0v) is 14.4. The minimum absolute atomic E-state index is 0.104. The normalized spacial score (nSPS) is 16.4. The predicted molar refractivity (Wildman–Crippen MR) is 98.4 cm³/mol. The van der Waals surface area contributed by atoms with Crippen molar-refractivity contribution in [1.29, 1.82) is 0 Å². The maximum atomic E-state index is 12.5. The van der Waals surface area contributed by atoms with Gasteiger partial charge < -0.3 is 14.9 Å². The number of H-pyrrole nitrogens is 2. The van der Waals surface area contributed by atoms with E-state index in [1.165, 1.54) is 12.3 Å². The number of nitrogens with zero attached hydrogens (tertiary/aromatic N) is 3. The van der Waals surface area contributed by atoms with E-state index >= 15 is 0 Å². The lowest BCUT2D eigenvalue weighted by Crippen LogP contribution is -2.29. The summed E-state index contributed by atoms with van der Waals surface area (Å²) in [4.78, 5) is 52.2. The van der Waals surface area contributed by atoms with Gasteiger partial charge in [0.05, 0.1) is 11.3 Å². The van der Waals surface area contributed by atoms with Crippen LogP contribution >= 0.6 is 0 Å². The minimum atomic E-state index is -0.326. The van der Waals surface area contributed by atoms with Gasteiger partial charge in [0.15, 0.2) is 0 Å². The van der Waals surface area contributed by atoms with Crippen LogP contribution in [0.3, 0.4) is 0 Å². The van der Waals surface area contributed by atoms with E-state index in [0.29, 0.717) is 42.3 Å². The Hall–Kier alpha value is -3.55. The lowest BCUT2D eigenvalue weighted by atomic mass is 10.1. The van der Waals surface area contributed by atoms with Gasteiger partial charge in [-0.25, -0.2) is 4.98 Å². The molecule has 0 saturated carbocycles. The number of hydrogen-bond donors (Lipinski definition) is 2. The first-order valence-corrected chi connectivity index (χ1v) is 8.61. The first-order chi connectivity index (χ1) is 13.1. The van der Waals surface area contributed by atoms with Crippen LogP contribution in [0.2, 0.25) is 0 Å². The Morgan fingerprint density at radius 2 is 2.07 bits per heavy atom. The first-order valence-electron chi connectivity index (χ1n) is 8.61. The molecule has 3 aromatic heterocycles. The van der Waals surface area contributed by atoms with Crippen LogP contribution in [0.25, 0.3) is 11.3 Å². The summed E-state index contributed by atoms with van der Waals surface area (Å²) < 4.78 is 0. The Morgan fingerprint density at radius 1 is 1.19 bits per heavy atom. The fourth-order valence-corrected chi connectivity index (χ4v) is 3.25. The Labute approximate surface area is 153 Å². The number of likely N-dealkylation sites (tertiary alicyclic amines) is 1. The molecule has 0 aliphatic carbocycles. The molecule has 4 rings (SSSR count).